The first-order chi connectivity index (χ1) is 6.24. The molecule has 1 heterocycles. The lowest BCUT2D eigenvalue weighted by atomic mass is 10.4. The van der Waals surface area contributed by atoms with Crippen LogP contribution in [0.5, 0.6) is 0 Å². The van der Waals surface area contributed by atoms with Crippen LogP contribution in [0.15, 0.2) is 21.9 Å². The van der Waals surface area contributed by atoms with Crippen molar-refractivity contribution in [2.45, 2.75) is 19.9 Å². The molecule has 0 spiro atoms. The molecule has 1 rings (SSSR count). The topological polar surface area (TPSA) is 54.9 Å². The third-order valence-electron chi connectivity index (χ3n) is 1.55. The van der Waals surface area contributed by atoms with Gasteiger partial charge in [-0.3, -0.25) is 14.3 Å². The number of aromatic amines is 1. The van der Waals surface area contributed by atoms with Gasteiger partial charge in [0.25, 0.3) is 5.56 Å². The van der Waals surface area contributed by atoms with Crippen LogP contribution in [0.1, 0.15) is 13.3 Å². The third kappa shape index (κ3) is 2.64. The molecule has 0 atom stereocenters. The number of nitrogens with zero attached hydrogens (tertiary/aromatic N) is 1. The summed E-state index contributed by atoms with van der Waals surface area (Å²) in [6, 6.07) is 1.32. The summed E-state index contributed by atoms with van der Waals surface area (Å²) < 4.78 is 1.42. The first kappa shape index (κ1) is 9.33. The van der Waals surface area contributed by atoms with Crippen molar-refractivity contribution in [2.24, 2.45) is 0 Å². The van der Waals surface area contributed by atoms with Crippen LogP contribution in [0, 0.1) is 11.8 Å². The van der Waals surface area contributed by atoms with E-state index in [4.69, 9.17) is 0 Å². The predicted molar refractivity (Wildman–Crippen MR) is 49.4 cm³/mol. The van der Waals surface area contributed by atoms with Crippen LogP contribution in [0.25, 0.3) is 0 Å². The lowest BCUT2D eigenvalue weighted by Crippen LogP contribution is -2.28. The molecule has 0 aliphatic heterocycles. The van der Waals surface area contributed by atoms with E-state index in [-0.39, 0.29) is 11.2 Å². The highest BCUT2D eigenvalue weighted by Gasteiger charge is 1.93. The van der Waals surface area contributed by atoms with Crippen molar-refractivity contribution in [3.63, 3.8) is 0 Å². The van der Waals surface area contributed by atoms with Crippen molar-refractivity contribution in [3.05, 3.63) is 33.1 Å². The summed E-state index contributed by atoms with van der Waals surface area (Å²) >= 11 is 0. The number of aryl methyl sites for hydroxylation is 1. The molecule has 0 unspecified atom stereocenters. The second-order valence-electron chi connectivity index (χ2n) is 2.48. The van der Waals surface area contributed by atoms with Gasteiger partial charge in [0.15, 0.2) is 0 Å². The van der Waals surface area contributed by atoms with Gasteiger partial charge in [0.05, 0.1) is 0 Å². The Morgan fingerprint density at radius 1 is 1.54 bits per heavy atom. The lowest BCUT2D eigenvalue weighted by molar-refractivity contribution is 0.661. The fourth-order valence-corrected chi connectivity index (χ4v) is 0.922. The summed E-state index contributed by atoms with van der Waals surface area (Å²) in [4.78, 5) is 23.9. The maximum Gasteiger partial charge on any atom is 0.328 e. The molecule has 0 bridgehead atoms. The first-order valence-corrected chi connectivity index (χ1v) is 3.93. The fourth-order valence-electron chi connectivity index (χ4n) is 0.922. The van der Waals surface area contributed by atoms with Gasteiger partial charge in [-0.1, -0.05) is 0 Å². The minimum absolute atomic E-state index is 0.372. The van der Waals surface area contributed by atoms with Gasteiger partial charge in [0.1, 0.15) is 0 Å². The van der Waals surface area contributed by atoms with E-state index in [1.165, 1.54) is 16.8 Å². The van der Waals surface area contributed by atoms with Crippen molar-refractivity contribution in [2.75, 3.05) is 0 Å². The molecule has 13 heavy (non-hydrogen) atoms. The Morgan fingerprint density at radius 2 is 2.31 bits per heavy atom. The Kier molecular flexibility index (Phi) is 3.09. The van der Waals surface area contributed by atoms with Gasteiger partial charge in [-0.05, 0) is 6.92 Å². The van der Waals surface area contributed by atoms with E-state index in [9.17, 15) is 9.59 Å². The highest BCUT2D eigenvalue weighted by molar-refractivity contribution is 4.95. The Bertz CT molecular complexity index is 445. The minimum atomic E-state index is -0.384. The van der Waals surface area contributed by atoms with Crippen LogP contribution in [-0.2, 0) is 6.54 Å². The monoisotopic (exact) mass is 178 g/mol. The first-order valence-electron chi connectivity index (χ1n) is 3.93. The molecular formula is C9H10N2O2. The summed E-state index contributed by atoms with van der Waals surface area (Å²) in [5.41, 5.74) is -0.756. The van der Waals surface area contributed by atoms with Crippen LogP contribution < -0.4 is 11.2 Å². The molecule has 0 aliphatic rings. The molecule has 1 N–H and O–H groups in total. The number of hydrogen-bond acceptors (Lipinski definition) is 2. The molecule has 0 fully saturated rings. The van der Waals surface area contributed by atoms with E-state index in [2.05, 4.69) is 16.8 Å². The zero-order valence-electron chi connectivity index (χ0n) is 7.33. The molecule has 4 heteroatoms. The van der Waals surface area contributed by atoms with Crippen LogP contribution in [0.4, 0.5) is 0 Å². The molecule has 1 aromatic heterocycles. The molecular weight excluding hydrogens is 168 g/mol. The van der Waals surface area contributed by atoms with Crippen molar-refractivity contribution < 1.29 is 0 Å². The summed E-state index contributed by atoms with van der Waals surface area (Å²) in [6.45, 7) is 2.26. The number of rotatable bonds is 2. The molecule has 0 aliphatic carbocycles. The molecule has 4 nitrogen and oxygen atoms in total. The summed E-state index contributed by atoms with van der Waals surface area (Å²) in [5, 5.41) is 0. The van der Waals surface area contributed by atoms with Gasteiger partial charge in [-0.2, -0.15) is 0 Å². The van der Waals surface area contributed by atoms with Gasteiger partial charge >= 0.3 is 5.69 Å². The van der Waals surface area contributed by atoms with Crippen LogP contribution in [-0.4, -0.2) is 9.55 Å². The predicted octanol–water partition coefficient (Wildman–Crippen LogP) is -0.0500. The van der Waals surface area contributed by atoms with E-state index >= 15 is 0 Å². The number of aromatic nitrogens is 2. The van der Waals surface area contributed by atoms with Crippen LogP contribution in [0.3, 0.4) is 0 Å². The zero-order chi connectivity index (χ0) is 9.68. The normalized spacial score (nSPS) is 9.00. The maximum atomic E-state index is 11.1. The lowest BCUT2D eigenvalue weighted by Gasteiger charge is -1.99. The summed E-state index contributed by atoms with van der Waals surface area (Å²) in [5.74, 6) is 5.57. The highest BCUT2D eigenvalue weighted by Crippen LogP contribution is 1.81. The zero-order valence-corrected chi connectivity index (χ0v) is 7.33. The SMILES string of the molecule is CC#CCCn1ccc(=O)[nH]c1=O. The van der Waals surface area contributed by atoms with Crippen molar-refractivity contribution in [1.29, 1.82) is 0 Å². The molecule has 0 aromatic carbocycles. The number of nitrogens with one attached hydrogen (secondary N) is 1. The molecule has 0 amide bonds. The van der Waals surface area contributed by atoms with Gasteiger partial charge in [-0.15, -0.1) is 11.8 Å². The van der Waals surface area contributed by atoms with Gasteiger partial charge in [0, 0.05) is 25.2 Å². The number of hydrogen-bond donors (Lipinski definition) is 1. The smallest absolute Gasteiger partial charge is 0.300 e. The third-order valence-corrected chi connectivity index (χ3v) is 1.55. The van der Waals surface area contributed by atoms with Crippen LogP contribution >= 0.6 is 0 Å². The van der Waals surface area contributed by atoms with Gasteiger partial charge < -0.3 is 0 Å². The van der Waals surface area contributed by atoms with E-state index in [1.807, 2.05) is 0 Å². The Morgan fingerprint density at radius 3 is 2.92 bits per heavy atom. The molecule has 0 saturated heterocycles. The second-order valence-corrected chi connectivity index (χ2v) is 2.48. The minimum Gasteiger partial charge on any atom is -0.300 e. The Balaban J connectivity index is 2.82. The van der Waals surface area contributed by atoms with Crippen molar-refractivity contribution in [3.8, 4) is 11.8 Å². The quantitative estimate of drug-likeness (QED) is 0.645. The van der Waals surface area contributed by atoms with E-state index in [0.29, 0.717) is 13.0 Å². The van der Waals surface area contributed by atoms with Crippen molar-refractivity contribution >= 4 is 0 Å². The van der Waals surface area contributed by atoms with Crippen LogP contribution in [0.2, 0.25) is 0 Å². The van der Waals surface area contributed by atoms with E-state index in [0.717, 1.165) is 0 Å². The van der Waals surface area contributed by atoms with Crippen molar-refractivity contribution in [1.82, 2.24) is 9.55 Å². The van der Waals surface area contributed by atoms with Gasteiger partial charge in [0.2, 0.25) is 0 Å². The average Bonchev–Trinajstić information content (AvgIpc) is 2.09. The fraction of sp³-hybridized carbons (Fsp3) is 0.333. The Hall–Kier alpha value is -1.76. The average molecular weight is 178 g/mol. The van der Waals surface area contributed by atoms with E-state index in [1.54, 1.807) is 6.92 Å². The molecule has 0 radical (unpaired) electrons. The molecule has 1 aromatic rings. The summed E-state index contributed by atoms with van der Waals surface area (Å²) in [7, 11) is 0. The highest BCUT2D eigenvalue weighted by atomic mass is 16.2. The number of H-pyrrole nitrogens is 1. The molecule has 0 saturated carbocycles. The standard InChI is InChI=1S/C9H10N2O2/c1-2-3-4-6-11-7-5-8(12)10-9(11)13/h5,7H,4,6H2,1H3,(H,10,12,13). The largest absolute Gasteiger partial charge is 0.328 e. The molecule has 68 valence electrons. The maximum absolute atomic E-state index is 11.1. The van der Waals surface area contributed by atoms with E-state index < -0.39 is 0 Å². The second kappa shape index (κ2) is 4.31. The summed E-state index contributed by atoms with van der Waals surface area (Å²) in [6.07, 6.45) is 2.08. The van der Waals surface area contributed by atoms with Gasteiger partial charge in [-0.25, -0.2) is 4.79 Å². The Labute approximate surface area is 75.2 Å².